The molecule has 0 spiro atoms. The van der Waals surface area contributed by atoms with Gasteiger partial charge in [0.05, 0.1) is 0 Å². The van der Waals surface area contributed by atoms with Crippen molar-refractivity contribution in [3.8, 4) is 0 Å². The zero-order valence-corrected chi connectivity index (χ0v) is 5.46. The minimum absolute atomic E-state index is 0. The Morgan fingerprint density at radius 2 is 1.25 bits per heavy atom. The van der Waals surface area contributed by atoms with E-state index in [0.717, 1.165) is 0 Å². The molecule has 3 heteroatoms. The number of rotatable bonds is 0. The Hall–Kier alpha value is 1.27. The van der Waals surface area contributed by atoms with Crippen molar-refractivity contribution in [1.82, 2.24) is 0 Å². The third-order valence-electron chi connectivity index (χ3n) is 0. The minimum atomic E-state index is 0. The second kappa shape index (κ2) is 28.2. The van der Waals surface area contributed by atoms with E-state index >= 15 is 0 Å². The summed E-state index contributed by atoms with van der Waals surface area (Å²) in [6, 6.07) is 0. The van der Waals surface area contributed by atoms with Crippen LogP contribution in [0.15, 0.2) is 0 Å². The molecule has 0 aliphatic heterocycles. The van der Waals surface area contributed by atoms with Gasteiger partial charge in [0.2, 0.25) is 0 Å². The van der Waals surface area contributed by atoms with Gasteiger partial charge in [-0.25, -0.2) is 10.2 Å². The van der Waals surface area contributed by atoms with Gasteiger partial charge in [-0.05, 0) is 0 Å². The molecule has 19 valence electrons. The summed E-state index contributed by atoms with van der Waals surface area (Å²) in [5.41, 5.74) is 0. The van der Waals surface area contributed by atoms with E-state index in [1.807, 2.05) is 0 Å². The van der Waals surface area contributed by atoms with Gasteiger partial charge in [0.15, 0.2) is 0 Å². The molecule has 0 saturated carbocycles. The van der Waals surface area contributed by atoms with Crippen LogP contribution in [-0.2, 0) is 0 Å². The van der Waals surface area contributed by atoms with Gasteiger partial charge >= 0.3 is 23.1 Å². The zero-order chi connectivity index (χ0) is 2.00. The van der Waals surface area contributed by atoms with Crippen LogP contribution in [0.3, 0.4) is 0 Å². The van der Waals surface area contributed by atoms with Crippen LogP contribution in [0.25, 0.3) is 0 Å². The summed E-state index contributed by atoms with van der Waals surface area (Å²) < 4.78 is 0. The van der Waals surface area contributed by atoms with Crippen LogP contribution in [0, 0.1) is 6.55 Å². The Kier molecular flexibility index (Phi) is 132. The number of hydrogen-bond acceptors (Lipinski definition) is 0. The maximum absolute atomic E-state index is 3.06. The number of hydrogen-bond donors (Lipinski definition) is 0. The molecule has 0 heterocycles. The predicted molar refractivity (Wildman–Crippen MR) is 16.9 cm³/mol. The predicted octanol–water partition coefficient (Wildman–Crippen LogP) is -3.43. The van der Waals surface area contributed by atoms with Gasteiger partial charge in [-0.1, -0.05) is 0 Å². The SMILES string of the molecule is [CH2-][Si].[Cl-].[Mg+2]. The molecular weight excluding hydrogens is 99.9 g/mol. The van der Waals surface area contributed by atoms with Crippen LogP contribution < -0.4 is 12.4 Å². The fraction of sp³-hybridized carbons (Fsp3) is 0. The van der Waals surface area contributed by atoms with Crippen molar-refractivity contribution in [3.63, 3.8) is 0 Å². The molecular formula is CH2ClMgSi. The zero-order valence-electron chi connectivity index (χ0n) is 2.29. The maximum atomic E-state index is 3.06. The summed E-state index contributed by atoms with van der Waals surface area (Å²) in [6.45, 7) is 3.06. The van der Waals surface area contributed by atoms with Crippen LogP contribution in [0.5, 0.6) is 0 Å². The fourth-order valence-corrected chi connectivity index (χ4v) is 0. The van der Waals surface area contributed by atoms with Crippen molar-refractivity contribution in [1.29, 1.82) is 0 Å². The van der Waals surface area contributed by atoms with E-state index in [9.17, 15) is 0 Å². The van der Waals surface area contributed by atoms with E-state index in [-0.39, 0.29) is 35.5 Å². The molecule has 0 unspecified atom stereocenters. The molecule has 0 aromatic rings. The summed E-state index contributed by atoms with van der Waals surface area (Å²) in [5, 5.41) is 0. The second-order valence-corrected chi connectivity index (χ2v) is 0. The Morgan fingerprint density at radius 1 is 1.25 bits per heavy atom. The molecule has 4 heavy (non-hydrogen) atoms. The third kappa shape index (κ3) is 10.4. The molecule has 0 aromatic heterocycles. The smallest absolute Gasteiger partial charge is 1.00 e. The molecule has 0 aromatic carbocycles. The monoisotopic (exact) mass is 101 g/mol. The molecule has 0 nitrogen and oxygen atoms in total. The number of halogens is 1. The quantitative estimate of drug-likeness (QED) is 0.220. The first-order valence-corrected chi connectivity index (χ1v) is 1.06. The first-order valence-electron chi connectivity index (χ1n) is 0.354. The average molecular weight is 102 g/mol. The second-order valence-electron chi connectivity index (χ2n) is 0. The molecule has 0 aliphatic rings. The summed E-state index contributed by atoms with van der Waals surface area (Å²) in [7, 11) is 2.72. The summed E-state index contributed by atoms with van der Waals surface area (Å²) in [4.78, 5) is 0. The molecule has 0 saturated heterocycles. The molecule has 0 N–H and O–H groups in total. The maximum Gasteiger partial charge on any atom is 2.00 e. The normalized spacial score (nSPS) is 1.50. The molecule has 0 aliphatic carbocycles. The molecule has 0 bridgehead atoms. The molecule has 0 fully saturated rings. The van der Waals surface area contributed by atoms with Gasteiger partial charge in [-0.3, -0.25) is 0 Å². The van der Waals surface area contributed by atoms with E-state index in [0.29, 0.717) is 0 Å². The van der Waals surface area contributed by atoms with Gasteiger partial charge < -0.3 is 19.0 Å². The van der Waals surface area contributed by atoms with Gasteiger partial charge in [0.25, 0.3) is 0 Å². The van der Waals surface area contributed by atoms with Crippen LogP contribution in [0.2, 0.25) is 0 Å². The largest absolute Gasteiger partial charge is 2.00 e. The van der Waals surface area contributed by atoms with E-state index in [4.69, 9.17) is 0 Å². The molecule has 0 rings (SSSR count). The van der Waals surface area contributed by atoms with Crippen molar-refractivity contribution in [2.45, 2.75) is 0 Å². The van der Waals surface area contributed by atoms with Crippen LogP contribution in [0.1, 0.15) is 0 Å². The van der Waals surface area contributed by atoms with E-state index in [2.05, 4.69) is 16.8 Å². The third-order valence-corrected chi connectivity index (χ3v) is 0. The van der Waals surface area contributed by atoms with Gasteiger partial charge in [0, 0.05) is 0 Å². The van der Waals surface area contributed by atoms with E-state index in [1.165, 1.54) is 0 Å². The Balaban J connectivity index is -0.00000000500. The minimum Gasteiger partial charge on any atom is -1.00 e. The first-order chi connectivity index (χ1) is 1.00. The summed E-state index contributed by atoms with van der Waals surface area (Å²) >= 11 is 0. The Bertz CT molecular complexity index is 8.00. The van der Waals surface area contributed by atoms with Gasteiger partial charge in [-0.15, -0.1) is 0 Å². The van der Waals surface area contributed by atoms with Crippen molar-refractivity contribution < 1.29 is 12.4 Å². The summed E-state index contributed by atoms with van der Waals surface area (Å²) in [5.74, 6) is 0. The topological polar surface area (TPSA) is 0 Å². The van der Waals surface area contributed by atoms with Crippen LogP contribution in [0.4, 0.5) is 0 Å². The van der Waals surface area contributed by atoms with Gasteiger partial charge in [0.1, 0.15) is 0 Å². The van der Waals surface area contributed by atoms with Crippen LogP contribution >= 0.6 is 0 Å². The Morgan fingerprint density at radius 3 is 1.25 bits per heavy atom. The molecule has 3 radical (unpaired) electrons. The average Bonchev–Trinajstić information content (AvgIpc) is 1.00. The first kappa shape index (κ1) is 18.6. The molecule has 0 atom stereocenters. The fourth-order valence-electron chi connectivity index (χ4n) is 0. The van der Waals surface area contributed by atoms with Crippen molar-refractivity contribution in [2.24, 2.45) is 0 Å². The van der Waals surface area contributed by atoms with Crippen molar-refractivity contribution >= 4 is 33.3 Å². The Labute approximate surface area is 52.3 Å². The molecule has 0 amide bonds. The van der Waals surface area contributed by atoms with Crippen molar-refractivity contribution in [3.05, 3.63) is 6.55 Å². The van der Waals surface area contributed by atoms with Crippen LogP contribution in [-0.4, -0.2) is 33.3 Å². The standard InChI is InChI=1S/CH2Si.ClH.Mg/c1-2;;/h1H2;1H;/q-1;;+2/p-1. The summed E-state index contributed by atoms with van der Waals surface area (Å²) in [6.07, 6.45) is 0. The van der Waals surface area contributed by atoms with Crippen molar-refractivity contribution in [2.75, 3.05) is 0 Å². The van der Waals surface area contributed by atoms with Gasteiger partial charge in [-0.2, -0.15) is 0 Å². The van der Waals surface area contributed by atoms with E-state index in [1.54, 1.807) is 0 Å². The van der Waals surface area contributed by atoms with E-state index < -0.39 is 0 Å².